The molecule has 0 aliphatic rings. The molecule has 76 valence electrons. The molecule has 0 saturated heterocycles. The Labute approximate surface area is 171 Å². The minimum atomic E-state index is -5.17. The fourth-order valence-electron chi connectivity index (χ4n) is 0.539. The van der Waals surface area contributed by atoms with Crippen molar-refractivity contribution in [1.82, 2.24) is 0 Å². The number of aliphatic hydroxyl groups is 1. The molecule has 0 aromatic heterocycles. The molecule has 0 aromatic rings. The SMILES string of the molecule is CCCCCCO.O=S(=O)([O-])[O-].[K+].[K+]. The average Bonchev–Trinajstić information content (AvgIpc) is 1.85. The summed E-state index contributed by atoms with van der Waals surface area (Å²) in [5, 5.41) is 8.29. The van der Waals surface area contributed by atoms with Crippen molar-refractivity contribution >= 4 is 10.4 Å². The summed E-state index contributed by atoms with van der Waals surface area (Å²) < 4.78 is 34.1. The number of hydrogen-bond acceptors (Lipinski definition) is 5. The summed E-state index contributed by atoms with van der Waals surface area (Å²) >= 11 is 0. The Bertz CT molecular complexity index is 159. The minimum absolute atomic E-state index is 0. The summed E-state index contributed by atoms with van der Waals surface area (Å²) in [5.41, 5.74) is 0. The van der Waals surface area contributed by atoms with E-state index in [2.05, 4.69) is 6.92 Å². The Morgan fingerprint density at radius 3 is 1.64 bits per heavy atom. The first-order chi connectivity index (χ1) is 5.41. The number of rotatable bonds is 4. The predicted molar refractivity (Wildman–Crippen MR) is 41.7 cm³/mol. The predicted octanol–water partition coefficient (Wildman–Crippen LogP) is -5.77. The van der Waals surface area contributed by atoms with Gasteiger partial charge in [-0.1, -0.05) is 26.2 Å². The van der Waals surface area contributed by atoms with Gasteiger partial charge in [0.05, 0.1) is 0 Å². The number of aliphatic hydroxyl groups excluding tert-OH is 1. The van der Waals surface area contributed by atoms with E-state index in [1.54, 1.807) is 0 Å². The van der Waals surface area contributed by atoms with Crippen molar-refractivity contribution in [3.05, 3.63) is 0 Å². The fraction of sp³-hybridized carbons (Fsp3) is 1.00. The van der Waals surface area contributed by atoms with E-state index in [0.717, 1.165) is 6.42 Å². The van der Waals surface area contributed by atoms with E-state index in [-0.39, 0.29) is 103 Å². The molecule has 0 rings (SSSR count). The monoisotopic (exact) mass is 276 g/mol. The van der Waals surface area contributed by atoms with Crippen molar-refractivity contribution < 1.29 is 125 Å². The summed E-state index contributed by atoms with van der Waals surface area (Å²) in [6.07, 6.45) is 4.68. The zero-order valence-electron chi connectivity index (χ0n) is 9.02. The molecule has 0 bridgehead atoms. The van der Waals surface area contributed by atoms with Gasteiger partial charge in [-0.05, 0) is 6.42 Å². The smallest absolute Gasteiger partial charge is 0.759 e. The van der Waals surface area contributed by atoms with Gasteiger partial charge < -0.3 is 14.2 Å². The first-order valence-corrected chi connectivity index (χ1v) is 5.02. The van der Waals surface area contributed by atoms with Crippen molar-refractivity contribution in [3.8, 4) is 0 Å². The molecule has 0 radical (unpaired) electrons. The molecule has 0 aliphatic heterocycles. The Hall–Kier alpha value is 3.10. The topological polar surface area (TPSA) is 100 Å². The maximum Gasteiger partial charge on any atom is 1.00 e. The van der Waals surface area contributed by atoms with Crippen molar-refractivity contribution in [1.29, 1.82) is 0 Å². The van der Waals surface area contributed by atoms with Gasteiger partial charge in [-0.2, -0.15) is 0 Å². The van der Waals surface area contributed by atoms with Crippen LogP contribution in [0.15, 0.2) is 0 Å². The summed E-state index contributed by atoms with van der Waals surface area (Å²) in [6, 6.07) is 0. The molecule has 1 N–H and O–H groups in total. The van der Waals surface area contributed by atoms with E-state index in [1.165, 1.54) is 19.3 Å². The van der Waals surface area contributed by atoms with E-state index >= 15 is 0 Å². The zero-order chi connectivity index (χ0) is 10.0. The molecular weight excluding hydrogens is 262 g/mol. The third kappa shape index (κ3) is 59.5. The molecule has 0 fully saturated rings. The summed E-state index contributed by atoms with van der Waals surface area (Å²) in [7, 11) is -5.17. The molecule has 0 aromatic carbocycles. The molecule has 0 unspecified atom stereocenters. The first-order valence-electron chi connectivity index (χ1n) is 3.69. The quantitative estimate of drug-likeness (QED) is 0.239. The summed E-state index contributed by atoms with van der Waals surface area (Å²) in [6.45, 7) is 2.53. The summed E-state index contributed by atoms with van der Waals surface area (Å²) in [4.78, 5) is 0. The molecular formula is C6H14K2O5S. The standard InChI is InChI=1S/C6H14O.2K.H2O4S/c1-2-3-4-5-6-7;;;1-5(2,3)4/h7H,2-6H2,1H3;;;(H2,1,2,3,4)/q;2*+1;/p-2. The first kappa shape index (κ1) is 25.8. The second kappa shape index (κ2) is 18.5. The van der Waals surface area contributed by atoms with Crippen molar-refractivity contribution in [2.75, 3.05) is 6.61 Å². The third-order valence-corrected chi connectivity index (χ3v) is 1.01. The molecule has 0 atom stereocenters. The Kier molecular flexibility index (Phi) is 34.1. The van der Waals surface area contributed by atoms with Crippen molar-refractivity contribution in [2.45, 2.75) is 32.6 Å². The van der Waals surface area contributed by atoms with Gasteiger partial charge in [0.2, 0.25) is 0 Å². The molecule has 5 nitrogen and oxygen atoms in total. The molecule has 8 heteroatoms. The Morgan fingerprint density at radius 2 is 1.43 bits per heavy atom. The van der Waals surface area contributed by atoms with E-state index < -0.39 is 10.4 Å². The molecule has 0 saturated carbocycles. The van der Waals surface area contributed by atoms with Crippen LogP contribution in [0.4, 0.5) is 0 Å². The zero-order valence-corrected chi connectivity index (χ0v) is 16.1. The van der Waals surface area contributed by atoms with Crippen LogP contribution in [0, 0.1) is 0 Å². The van der Waals surface area contributed by atoms with Crippen LogP contribution in [0.2, 0.25) is 0 Å². The number of hydrogen-bond donors (Lipinski definition) is 1. The second-order valence-corrected chi connectivity index (χ2v) is 3.01. The number of unbranched alkanes of at least 4 members (excludes halogenated alkanes) is 3. The van der Waals surface area contributed by atoms with Gasteiger partial charge in [-0.3, -0.25) is 8.42 Å². The van der Waals surface area contributed by atoms with Gasteiger partial charge in [0.15, 0.2) is 0 Å². The second-order valence-electron chi connectivity index (χ2n) is 2.19. The normalized spacial score (nSPS) is 8.86. The maximum atomic E-state index is 8.52. The molecule has 0 amide bonds. The Morgan fingerprint density at radius 1 is 1.07 bits per heavy atom. The minimum Gasteiger partial charge on any atom is -0.759 e. The molecule has 14 heavy (non-hydrogen) atoms. The largest absolute Gasteiger partial charge is 1.00 e. The van der Waals surface area contributed by atoms with Crippen LogP contribution >= 0.6 is 0 Å². The molecule has 0 heterocycles. The third-order valence-electron chi connectivity index (χ3n) is 1.01. The van der Waals surface area contributed by atoms with Crippen molar-refractivity contribution in [2.24, 2.45) is 0 Å². The van der Waals surface area contributed by atoms with E-state index in [4.69, 9.17) is 22.6 Å². The maximum absolute atomic E-state index is 8.52. The van der Waals surface area contributed by atoms with Crippen LogP contribution in [0.25, 0.3) is 0 Å². The van der Waals surface area contributed by atoms with Gasteiger partial charge in [-0.25, -0.2) is 0 Å². The summed E-state index contributed by atoms with van der Waals surface area (Å²) in [5.74, 6) is 0. The van der Waals surface area contributed by atoms with Gasteiger partial charge in [0.1, 0.15) is 0 Å². The van der Waals surface area contributed by atoms with Gasteiger partial charge in [0, 0.05) is 17.0 Å². The van der Waals surface area contributed by atoms with Crippen LogP contribution < -0.4 is 103 Å². The van der Waals surface area contributed by atoms with E-state index in [0.29, 0.717) is 6.61 Å². The average molecular weight is 276 g/mol. The van der Waals surface area contributed by atoms with Crippen LogP contribution in [0.1, 0.15) is 32.6 Å². The van der Waals surface area contributed by atoms with Crippen LogP contribution in [-0.2, 0) is 10.4 Å². The van der Waals surface area contributed by atoms with Crippen LogP contribution in [0.5, 0.6) is 0 Å². The van der Waals surface area contributed by atoms with Gasteiger partial charge >= 0.3 is 103 Å². The Balaban J connectivity index is -0.0000000651. The van der Waals surface area contributed by atoms with Crippen LogP contribution in [0.3, 0.4) is 0 Å². The fourth-order valence-corrected chi connectivity index (χ4v) is 0.539. The van der Waals surface area contributed by atoms with E-state index in [9.17, 15) is 0 Å². The van der Waals surface area contributed by atoms with E-state index in [1.807, 2.05) is 0 Å². The van der Waals surface area contributed by atoms with Crippen molar-refractivity contribution in [3.63, 3.8) is 0 Å². The molecule has 0 aliphatic carbocycles. The van der Waals surface area contributed by atoms with Crippen LogP contribution in [-0.4, -0.2) is 29.2 Å². The van der Waals surface area contributed by atoms with Gasteiger partial charge in [-0.15, -0.1) is 0 Å². The molecule has 0 spiro atoms. The van der Waals surface area contributed by atoms with Gasteiger partial charge in [0.25, 0.3) is 0 Å².